The highest BCUT2D eigenvalue weighted by Crippen LogP contribution is 2.18. The van der Waals surface area contributed by atoms with Gasteiger partial charge in [0.25, 0.3) is 5.91 Å². The van der Waals surface area contributed by atoms with Crippen molar-refractivity contribution >= 4 is 5.91 Å². The van der Waals surface area contributed by atoms with Crippen molar-refractivity contribution in [3.05, 3.63) is 53.2 Å². The average Bonchev–Trinajstić information content (AvgIpc) is 3.17. The third kappa shape index (κ3) is 3.79. The molecule has 0 unspecified atom stereocenters. The minimum Gasteiger partial charge on any atom is -0.448 e. The van der Waals surface area contributed by atoms with E-state index in [0.29, 0.717) is 24.5 Å². The molecule has 5 nitrogen and oxygen atoms in total. The van der Waals surface area contributed by atoms with Crippen molar-refractivity contribution in [3.8, 4) is 0 Å². The largest absolute Gasteiger partial charge is 0.448 e. The Bertz CT molecular complexity index is 674. The molecule has 1 aromatic carbocycles. The van der Waals surface area contributed by atoms with Crippen LogP contribution in [0, 0.1) is 13.8 Å². The van der Waals surface area contributed by atoms with Gasteiger partial charge in [-0.25, -0.2) is 4.98 Å². The van der Waals surface area contributed by atoms with Crippen molar-refractivity contribution in [1.82, 2.24) is 9.88 Å². The Labute approximate surface area is 136 Å². The number of hydrogen-bond acceptors (Lipinski definition) is 4. The molecule has 5 heteroatoms. The number of oxazole rings is 1. The van der Waals surface area contributed by atoms with Crippen LogP contribution < -0.4 is 0 Å². The van der Waals surface area contributed by atoms with Crippen LogP contribution in [-0.2, 0) is 11.3 Å². The molecule has 0 bridgehead atoms. The lowest BCUT2D eigenvalue weighted by Gasteiger charge is -2.25. The van der Waals surface area contributed by atoms with Crippen molar-refractivity contribution in [2.45, 2.75) is 39.3 Å². The molecule has 1 aliphatic rings. The van der Waals surface area contributed by atoms with Crippen LogP contribution >= 0.6 is 0 Å². The van der Waals surface area contributed by atoms with Gasteiger partial charge in [-0.3, -0.25) is 4.79 Å². The first-order chi connectivity index (χ1) is 11.1. The maximum Gasteiger partial charge on any atom is 0.276 e. The normalized spacial score (nSPS) is 17.4. The summed E-state index contributed by atoms with van der Waals surface area (Å²) >= 11 is 0. The Kier molecular flexibility index (Phi) is 4.76. The summed E-state index contributed by atoms with van der Waals surface area (Å²) in [5.74, 6) is 0.449. The quantitative estimate of drug-likeness (QED) is 0.851. The number of nitrogens with zero attached hydrogens (tertiary/aromatic N) is 2. The van der Waals surface area contributed by atoms with Crippen LogP contribution in [0.2, 0.25) is 0 Å². The number of carbonyl (C=O) groups excluding carboxylic acids is 1. The summed E-state index contributed by atoms with van der Waals surface area (Å²) in [6.45, 7) is 5.72. The summed E-state index contributed by atoms with van der Waals surface area (Å²) in [4.78, 5) is 18.7. The van der Waals surface area contributed by atoms with Crippen molar-refractivity contribution in [2.75, 3.05) is 13.2 Å². The molecule has 2 aromatic rings. The Morgan fingerprint density at radius 1 is 1.39 bits per heavy atom. The number of rotatable bonds is 5. The van der Waals surface area contributed by atoms with Crippen molar-refractivity contribution in [3.63, 3.8) is 0 Å². The van der Waals surface area contributed by atoms with Gasteiger partial charge in [-0.1, -0.05) is 29.8 Å². The molecule has 23 heavy (non-hydrogen) atoms. The van der Waals surface area contributed by atoms with E-state index >= 15 is 0 Å². The highest BCUT2D eigenvalue weighted by atomic mass is 16.5. The van der Waals surface area contributed by atoms with Gasteiger partial charge < -0.3 is 14.1 Å². The molecule has 0 aliphatic carbocycles. The Morgan fingerprint density at radius 3 is 2.91 bits per heavy atom. The average molecular weight is 314 g/mol. The summed E-state index contributed by atoms with van der Waals surface area (Å²) in [5.41, 5.74) is 2.68. The summed E-state index contributed by atoms with van der Waals surface area (Å²) in [7, 11) is 0. The smallest absolute Gasteiger partial charge is 0.276 e. The van der Waals surface area contributed by atoms with Gasteiger partial charge in [-0.15, -0.1) is 0 Å². The van der Waals surface area contributed by atoms with Crippen LogP contribution in [0.4, 0.5) is 0 Å². The molecule has 3 rings (SSSR count). The van der Waals surface area contributed by atoms with Gasteiger partial charge in [0.1, 0.15) is 5.76 Å². The highest BCUT2D eigenvalue weighted by molar-refractivity contribution is 5.93. The molecular formula is C18H22N2O3. The predicted octanol–water partition coefficient (Wildman–Crippen LogP) is 3.11. The second kappa shape index (κ2) is 6.96. The van der Waals surface area contributed by atoms with Crippen molar-refractivity contribution < 1.29 is 13.9 Å². The molecule has 1 saturated heterocycles. The summed E-state index contributed by atoms with van der Waals surface area (Å²) in [6.07, 6.45) is 3.48. The lowest BCUT2D eigenvalue weighted by Crippen LogP contribution is -2.37. The molecule has 0 radical (unpaired) electrons. The second-order valence-electron chi connectivity index (χ2n) is 6.07. The van der Waals surface area contributed by atoms with Crippen LogP contribution in [0.3, 0.4) is 0 Å². The van der Waals surface area contributed by atoms with Gasteiger partial charge in [-0.2, -0.15) is 0 Å². The summed E-state index contributed by atoms with van der Waals surface area (Å²) in [5, 5.41) is 0. The van der Waals surface area contributed by atoms with Crippen LogP contribution in [0.25, 0.3) is 0 Å². The van der Waals surface area contributed by atoms with Crippen molar-refractivity contribution in [2.24, 2.45) is 0 Å². The van der Waals surface area contributed by atoms with E-state index in [9.17, 15) is 4.79 Å². The standard InChI is InChI=1S/C18H22N2O3/c1-13-5-3-6-15(9-13)10-20(11-16-7-4-8-22-16)18(21)17-14(2)23-12-19-17/h3,5-6,9,12,16H,4,7-8,10-11H2,1-2H3/t16-/m0/s1. The van der Waals surface area contributed by atoms with E-state index in [-0.39, 0.29) is 12.0 Å². The lowest BCUT2D eigenvalue weighted by atomic mass is 10.1. The molecule has 0 saturated carbocycles. The first-order valence-corrected chi connectivity index (χ1v) is 8.00. The van der Waals surface area contributed by atoms with E-state index in [1.54, 1.807) is 6.92 Å². The van der Waals surface area contributed by atoms with Crippen LogP contribution in [0.15, 0.2) is 35.1 Å². The van der Waals surface area contributed by atoms with Gasteiger partial charge in [-0.05, 0) is 32.3 Å². The van der Waals surface area contributed by atoms with E-state index in [0.717, 1.165) is 25.0 Å². The van der Waals surface area contributed by atoms with Crippen molar-refractivity contribution in [1.29, 1.82) is 0 Å². The van der Waals surface area contributed by atoms with E-state index in [4.69, 9.17) is 9.15 Å². The molecule has 0 N–H and O–H groups in total. The van der Waals surface area contributed by atoms with Gasteiger partial charge in [0.2, 0.25) is 0 Å². The molecule has 1 aromatic heterocycles. The zero-order valence-electron chi connectivity index (χ0n) is 13.6. The Balaban J connectivity index is 1.80. The first-order valence-electron chi connectivity index (χ1n) is 8.00. The monoisotopic (exact) mass is 314 g/mol. The second-order valence-corrected chi connectivity index (χ2v) is 6.07. The minimum absolute atomic E-state index is 0.103. The molecule has 1 atom stereocenters. The summed E-state index contributed by atoms with van der Waals surface area (Å²) < 4.78 is 10.9. The van der Waals surface area contributed by atoms with E-state index in [1.165, 1.54) is 12.0 Å². The third-order valence-corrected chi connectivity index (χ3v) is 4.14. The SMILES string of the molecule is Cc1cccc(CN(C[C@@H]2CCCO2)C(=O)c2ncoc2C)c1. The molecule has 1 aliphatic heterocycles. The Hall–Kier alpha value is -2.14. The lowest BCUT2D eigenvalue weighted by molar-refractivity contribution is 0.0502. The zero-order chi connectivity index (χ0) is 16.2. The topological polar surface area (TPSA) is 55.6 Å². The predicted molar refractivity (Wildman–Crippen MR) is 86.1 cm³/mol. The molecule has 2 heterocycles. The molecule has 0 spiro atoms. The number of ether oxygens (including phenoxy) is 1. The van der Waals surface area contributed by atoms with Crippen LogP contribution in [-0.4, -0.2) is 35.0 Å². The highest BCUT2D eigenvalue weighted by Gasteiger charge is 2.26. The van der Waals surface area contributed by atoms with Crippen LogP contribution in [0.5, 0.6) is 0 Å². The maximum absolute atomic E-state index is 12.9. The maximum atomic E-state index is 12.9. The molecule has 1 amide bonds. The number of carbonyl (C=O) groups is 1. The zero-order valence-corrected chi connectivity index (χ0v) is 13.6. The van der Waals surface area contributed by atoms with Gasteiger partial charge in [0, 0.05) is 19.7 Å². The summed E-state index contributed by atoms with van der Waals surface area (Å²) in [6, 6.07) is 8.21. The van der Waals surface area contributed by atoms with E-state index in [2.05, 4.69) is 24.0 Å². The van der Waals surface area contributed by atoms with Gasteiger partial charge in [0.05, 0.1) is 6.10 Å². The number of aromatic nitrogens is 1. The first kappa shape index (κ1) is 15.7. The number of hydrogen-bond donors (Lipinski definition) is 0. The van der Waals surface area contributed by atoms with Crippen LogP contribution in [0.1, 0.15) is 40.2 Å². The number of benzene rings is 1. The fourth-order valence-corrected chi connectivity index (χ4v) is 2.94. The van der Waals surface area contributed by atoms with Gasteiger partial charge >= 0.3 is 0 Å². The minimum atomic E-state index is -0.103. The van der Waals surface area contributed by atoms with Gasteiger partial charge in [0.15, 0.2) is 12.1 Å². The molecule has 122 valence electrons. The number of amides is 1. The third-order valence-electron chi connectivity index (χ3n) is 4.14. The molecule has 1 fully saturated rings. The fourth-order valence-electron chi connectivity index (χ4n) is 2.94. The van der Waals surface area contributed by atoms with E-state index in [1.807, 2.05) is 17.0 Å². The fraction of sp³-hybridized carbons (Fsp3) is 0.444. The Morgan fingerprint density at radius 2 is 2.26 bits per heavy atom. The number of aryl methyl sites for hydroxylation is 2. The molecular weight excluding hydrogens is 292 g/mol. The van der Waals surface area contributed by atoms with E-state index < -0.39 is 0 Å².